The number of aromatic amines is 1. The van der Waals surface area contributed by atoms with Gasteiger partial charge in [-0.1, -0.05) is 71.6 Å². The molecule has 2 aromatic heterocycles. The van der Waals surface area contributed by atoms with Crippen LogP contribution in [0.2, 0.25) is 0 Å². The van der Waals surface area contributed by atoms with Crippen LogP contribution in [0.25, 0.3) is 22.0 Å². The molecule has 4 rings (SSSR count). The first-order chi connectivity index (χ1) is 11.7. The number of nitrogen functional groups attached to an aromatic ring is 1. The molecule has 2 aromatic carbocycles. The molecule has 0 fully saturated rings. The zero-order valence-electron chi connectivity index (χ0n) is 12.4. The maximum atomic E-state index is 12.7. The van der Waals surface area contributed by atoms with Crippen molar-refractivity contribution < 1.29 is 0 Å². The topological polar surface area (TPSA) is 84.7 Å². The summed E-state index contributed by atoms with van der Waals surface area (Å²) in [5.41, 5.74) is 8.20. The van der Waals surface area contributed by atoms with Crippen LogP contribution >= 0.6 is 23.1 Å². The van der Waals surface area contributed by atoms with Gasteiger partial charge in [0, 0.05) is 16.5 Å². The molecule has 5 nitrogen and oxygen atoms in total. The summed E-state index contributed by atoms with van der Waals surface area (Å²) >= 11 is 2.56. The largest absolute Gasteiger partial charge is 0.374 e. The lowest BCUT2D eigenvalue weighted by Crippen LogP contribution is -2.10. The van der Waals surface area contributed by atoms with Crippen molar-refractivity contribution in [1.82, 2.24) is 15.2 Å². The average Bonchev–Trinajstić information content (AvgIpc) is 3.01. The number of hydrogen-bond donors (Lipinski definition) is 2. The molecule has 0 bridgehead atoms. The predicted octanol–water partition coefficient (Wildman–Crippen LogP) is 3.78. The van der Waals surface area contributed by atoms with Crippen molar-refractivity contribution in [1.29, 1.82) is 0 Å². The number of nitrogens with zero attached hydrogens (tertiary/aromatic N) is 2. The van der Waals surface area contributed by atoms with Crippen molar-refractivity contribution >= 4 is 39.1 Å². The molecule has 4 aromatic rings. The highest BCUT2D eigenvalue weighted by atomic mass is 32.2. The number of H-pyrrole nitrogens is 1. The van der Waals surface area contributed by atoms with Crippen LogP contribution in [-0.4, -0.2) is 15.2 Å². The van der Waals surface area contributed by atoms with Crippen LogP contribution < -0.4 is 11.3 Å². The third-order valence-corrected chi connectivity index (χ3v) is 5.45. The molecule has 2 heterocycles. The van der Waals surface area contributed by atoms with Gasteiger partial charge in [0.1, 0.15) is 0 Å². The Hall–Kier alpha value is -2.64. The molecule has 0 atom stereocenters. The molecule has 118 valence electrons. The minimum absolute atomic E-state index is 0.147. The van der Waals surface area contributed by atoms with Gasteiger partial charge in [-0.3, -0.25) is 4.79 Å². The summed E-state index contributed by atoms with van der Waals surface area (Å²) in [6.45, 7) is 0. The molecule has 3 N–H and O–H groups in total. The summed E-state index contributed by atoms with van der Waals surface area (Å²) in [7, 11) is 0. The monoisotopic (exact) mass is 352 g/mol. The Morgan fingerprint density at radius 1 is 1.00 bits per heavy atom. The van der Waals surface area contributed by atoms with Crippen LogP contribution in [0.1, 0.15) is 0 Å². The highest BCUT2D eigenvalue weighted by Gasteiger charge is 2.17. The van der Waals surface area contributed by atoms with Crippen molar-refractivity contribution in [2.45, 2.75) is 9.24 Å². The number of benzene rings is 2. The van der Waals surface area contributed by atoms with Crippen LogP contribution in [0.15, 0.2) is 68.6 Å². The summed E-state index contributed by atoms with van der Waals surface area (Å²) in [4.78, 5) is 16.2. The zero-order chi connectivity index (χ0) is 16.5. The molecule has 0 radical (unpaired) electrons. The van der Waals surface area contributed by atoms with Gasteiger partial charge in [-0.15, -0.1) is 10.2 Å². The molecule has 0 aliphatic rings. The van der Waals surface area contributed by atoms with E-state index in [0.717, 1.165) is 22.0 Å². The number of rotatable bonds is 3. The molecule has 24 heavy (non-hydrogen) atoms. The second kappa shape index (κ2) is 6.10. The van der Waals surface area contributed by atoms with Gasteiger partial charge < -0.3 is 10.7 Å². The molecule has 0 spiro atoms. The fourth-order valence-corrected chi connectivity index (χ4v) is 4.31. The Kier molecular flexibility index (Phi) is 3.79. The lowest BCUT2D eigenvalue weighted by molar-refractivity contribution is 1.02. The van der Waals surface area contributed by atoms with E-state index < -0.39 is 0 Å². The van der Waals surface area contributed by atoms with Gasteiger partial charge in [0.15, 0.2) is 4.34 Å². The molecule has 0 saturated carbocycles. The summed E-state index contributed by atoms with van der Waals surface area (Å²) in [6.07, 6.45) is 0. The van der Waals surface area contributed by atoms with Crippen molar-refractivity contribution in [3.05, 3.63) is 65.0 Å². The Morgan fingerprint density at radius 2 is 1.75 bits per heavy atom. The summed E-state index contributed by atoms with van der Waals surface area (Å²) in [5, 5.41) is 9.22. The highest BCUT2D eigenvalue weighted by Crippen LogP contribution is 2.38. The van der Waals surface area contributed by atoms with E-state index in [-0.39, 0.29) is 5.56 Å². The Morgan fingerprint density at radius 3 is 2.50 bits per heavy atom. The molecule has 0 amide bonds. The van der Waals surface area contributed by atoms with Gasteiger partial charge >= 0.3 is 0 Å². The van der Waals surface area contributed by atoms with Crippen LogP contribution in [0, 0.1) is 0 Å². The maximum Gasteiger partial charge on any atom is 0.263 e. The number of hydrogen-bond acceptors (Lipinski definition) is 6. The number of nitrogens with one attached hydrogen (secondary N) is 1. The number of pyridine rings is 1. The minimum atomic E-state index is -0.147. The lowest BCUT2D eigenvalue weighted by Gasteiger charge is -2.11. The fraction of sp³-hybridized carbons (Fsp3) is 0. The molecule has 7 heteroatoms. The number of para-hydroxylation sites is 1. The normalized spacial score (nSPS) is 11.0. The van der Waals surface area contributed by atoms with Crippen LogP contribution in [0.3, 0.4) is 0 Å². The van der Waals surface area contributed by atoms with Crippen LogP contribution in [0.4, 0.5) is 5.13 Å². The van der Waals surface area contributed by atoms with Gasteiger partial charge in [-0.05, 0) is 11.6 Å². The second-order valence-corrected chi connectivity index (χ2v) is 7.34. The zero-order valence-corrected chi connectivity index (χ0v) is 14.0. The smallest absolute Gasteiger partial charge is 0.263 e. The van der Waals surface area contributed by atoms with Gasteiger partial charge in [0.05, 0.1) is 4.90 Å². The molecule has 0 saturated heterocycles. The van der Waals surface area contributed by atoms with Crippen LogP contribution in [-0.2, 0) is 0 Å². The third-order valence-electron chi connectivity index (χ3n) is 3.55. The molecular formula is C17H12N4OS2. The number of fused-ring (bicyclic) bond motifs is 1. The number of anilines is 1. The van der Waals surface area contributed by atoms with E-state index in [1.165, 1.54) is 23.1 Å². The van der Waals surface area contributed by atoms with E-state index in [0.29, 0.717) is 14.4 Å². The van der Waals surface area contributed by atoms with E-state index in [9.17, 15) is 4.79 Å². The van der Waals surface area contributed by atoms with E-state index >= 15 is 0 Å². The number of aromatic nitrogens is 3. The lowest BCUT2D eigenvalue weighted by atomic mass is 10.0. The first-order valence-electron chi connectivity index (χ1n) is 7.19. The summed E-state index contributed by atoms with van der Waals surface area (Å²) in [5.74, 6) is 0. The Labute approximate surface area is 145 Å². The van der Waals surface area contributed by atoms with Crippen molar-refractivity contribution in [3.63, 3.8) is 0 Å². The average molecular weight is 352 g/mol. The quantitative estimate of drug-likeness (QED) is 0.586. The summed E-state index contributed by atoms with van der Waals surface area (Å²) in [6, 6.07) is 17.7. The van der Waals surface area contributed by atoms with Crippen molar-refractivity contribution in [3.8, 4) is 11.1 Å². The minimum Gasteiger partial charge on any atom is -0.374 e. The van der Waals surface area contributed by atoms with Gasteiger partial charge in [-0.2, -0.15) is 0 Å². The van der Waals surface area contributed by atoms with Crippen LogP contribution in [0.5, 0.6) is 0 Å². The van der Waals surface area contributed by atoms with Crippen molar-refractivity contribution in [2.24, 2.45) is 0 Å². The van der Waals surface area contributed by atoms with E-state index in [1.54, 1.807) is 0 Å². The Bertz CT molecular complexity index is 1070. The molecular weight excluding hydrogens is 340 g/mol. The van der Waals surface area contributed by atoms with Crippen molar-refractivity contribution in [2.75, 3.05) is 5.73 Å². The molecule has 0 aliphatic heterocycles. The first-order valence-corrected chi connectivity index (χ1v) is 8.83. The van der Waals surface area contributed by atoms with E-state index in [4.69, 9.17) is 5.73 Å². The molecule has 0 unspecified atom stereocenters. The van der Waals surface area contributed by atoms with Gasteiger partial charge in [0.2, 0.25) is 5.13 Å². The fourth-order valence-electron chi connectivity index (χ4n) is 2.56. The van der Waals surface area contributed by atoms with E-state index in [2.05, 4.69) is 15.2 Å². The molecule has 0 aliphatic carbocycles. The standard InChI is InChI=1S/C17H12N4OS2/c18-16-20-21-17(24-16)23-14-13(10-6-2-1-3-7-10)11-8-4-5-9-12(11)19-15(14)22/h1-9H,(H2,18,20)(H,19,22). The van der Waals surface area contributed by atoms with E-state index in [1.807, 2.05) is 54.6 Å². The SMILES string of the molecule is Nc1nnc(Sc2c(-c3ccccc3)c3ccccc3[nH]c2=O)s1. The van der Waals surface area contributed by atoms with Gasteiger partial charge in [0.25, 0.3) is 5.56 Å². The highest BCUT2D eigenvalue weighted by molar-refractivity contribution is 8.01. The Balaban J connectivity index is 2.01. The predicted molar refractivity (Wildman–Crippen MR) is 98.4 cm³/mol. The third kappa shape index (κ3) is 2.68. The van der Waals surface area contributed by atoms with Gasteiger partial charge in [-0.25, -0.2) is 0 Å². The first kappa shape index (κ1) is 14.9. The summed E-state index contributed by atoms with van der Waals surface area (Å²) < 4.78 is 0.644. The maximum absolute atomic E-state index is 12.7. The second-order valence-electron chi connectivity index (χ2n) is 5.08. The number of nitrogens with two attached hydrogens (primary N) is 1.